The molecule has 0 aliphatic heterocycles. The zero-order chi connectivity index (χ0) is 18.0. The van der Waals surface area contributed by atoms with Crippen molar-refractivity contribution in [3.05, 3.63) is 59.1 Å². The van der Waals surface area contributed by atoms with Crippen LogP contribution in [0.1, 0.15) is 12.1 Å². The Balaban J connectivity index is 1.86. The van der Waals surface area contributed by atoms with Crippen LogP contribution in [0.25, 0.3) is 5.69 Å². The lowest BCUT2D eigenvalue weighted by atomic mass is 10.2. The number of methoxy groups -OCH3 is 1. The van der Waals surface area contributed by atoms with Crippen LogP contribution in [-0.2, 0) is 10.0 Å². The second-order valence-corrected chi connectivity index (χ2v) is 8.62. The van der Waals surface area contributed by atoms with E-state index < -0.39 is 15.3 Å². The average Bonchev–Trinajstić information content (AvgIpc) is 3.00. The molecule has 2 aromatic rings. The Labute approximate surface area is 155 Å². The largest absolute Gasteiger partial charge is 0.494 e. The number of benzene rings is 1. The van der Waals surface area contributed by atoms with Crippen molar-refractivity contribution in [2.75, 3.05) is 11.8 Å². The Kier molecular flexibility index (Phi) is 5.01. The summed E-state index contributed by atoms with van der Waals surface area (Å²) in [6.07, 6.45) is 9.23. The third kappa shape index (κ3) is 3.96. The number of aromatic nitrogens is 2. The number of rotatable bonds is 5. The van der Waals surface area contributed by atoms with Gasteiger partial charge in [-0.05, 0) is 23.5 Å². The van der Waals surface area contributed by atoms with E-state index in [2.05, 4.69) is 25.6 Å². The van der Waals surface area contributed by atoms with Crippen molar-refractivity contribution >= 4 is 31.6 Å². The first-order chi connectivity index (χ1) is 11.9. The van der Waals surface area contributed by atoms with E-state index in [0.29, 0.717) is 17.9 Å². The first-order valence-electron chi connectivity index (χ1n) is 7.62. The van der Waals surface area contributed by atoms with Gasteiger partial charge in [-0.3, -0.25) is 4.72 Å². The lowest BCUT2D eigenvalue weighted by Gasteiger charge is -2.18. The summed E-state index contributed by atoms with van der Waals surface area (Å²) in [5.41, 5.74) is 2.13. The molecule has 1 aliphatic rings. The number of imidazole rings is 1. The van der Waals surface area contributed by atoms with Crippen LogP contribution in [0.3, 0.4) is 0 Å². The van der Waals surface area contributed by atoms with E-state index in [1.165, 1.54) is 0 Å². The van der Waals surface area contributed by atoms with Gasteiger partial charge in [0.15, 0.2) is 0 Å². The predicted molar refractivity (Wildman–Crippen MR) is 102 cm³/mol. The number of anilines is 1. The van der Waals surface area contributed by atoms with Crippen LogP contribution in [0.15, 0.2) is 53.4 Å². The summed E-state index contributed by atoms with van der Waals surface area (Å²) in [4.78, 5) is 4.20. The Bertz CT molecular complexity index is 948. The van der Waals surface area contributed by atoms with Crippen molar-refractivity contribution in [2.24, 2.45) is 0 Å². The molecule has 0 saturated heterocycles. The van der Waals surface area contributed by atoms with Gasteiger partial charge in [0, 0.05) is 18.7 Å². The fraction of sp³-hybridized carbons (Fsp3) is 0.235. The zero-order valence-corrected chi connectivity index (χ0v) is 16.2. The Morgan fingerprint density at radius 2 is 2.20 bits per heavy atom. The summed E-state index contributed by atoms with van der Waals surface area (Å²) in [7, 11) is -2.00. The minimum Gasteiger partial charge on any atom is -0.494 e. The van der Waals surface area contributed by atoms with Gasteiger partial charge in [-0.2, -0.15) is 0 Å². The van der Waals surface area contributed by atoms with Crippen molar-refractivity contribution in [3.8, 4) is 11.4 Å². The number of ether oxygens (including phenoxy) is 1. The zero-order valence-electron chi connectivity index (χ0n) is 13.8. The van der Waals surface area contributed by atoms with Gasteiger partial charge in [-0.1, -0.05) is 34.2 Å². The van der Waals surface area contributed by atoms with Crippen LogP contribution in [0, 0.1) is 6.92 Å². The lowest BCUT2D eigenvalue weighted by Crippen LogP contribution is -2.27. The second kappa shape index (κ2) is 7.05. The third-order valence-electron chi connectivity index (χ3n) is 3.83. The van der Waals surface area contributed by atoms with E-state index in [1.54, 1.807) is 43.8 Å². The van der Waals surface area contributed by atoms with E-state index >= 15 is 0 Å². The monoisotopic (exact) mass is 423 g/mol. The number of aryl methyl sites for hydroxylation is 1. The fourth-order valence-corrected chi connectivity index (χ4v) is 4.59. The van der Waals surface area contributed by atoms with Crippen LogP contribution in [0.5, 0.6) is 5.75 Å². The molecule has 0 bridgehead atoms. The molecule has 1 N–H and O–H groups in total. The molecule has 1 atom stereocenters. The van der Waals surface area contributed by atoms with Crippen molar-refractivity contribution in [2.45, 2.75) is 18.6 Å². The van der Waals surface area contributed by atoms with Gasteiger partial charge < -0.3 is 9.30 Å². The molecule has 132 valence electrons. The minimum absolute atomic E-state index is 0.412. The fourth-order valence-electron chi connectivity index (χ4n) is 2.57. The number of halogens is 1. The maximum atomic E-state index is 12.6. The van der Waals surface area contributed by atoms with Gasteiger partial charge in [-0.15, -0.1) is 0 Å². The predicted octanol–water partition coefficient (Wildman–Crippen LogP) is 3.54. The molecule has 1 aromatic heterocycles. The molecule has 1 heterocycles. The number of nitrogens with one attached hydrogen (secondary N) is 1. The molecule has 1 aliphatic carbocycles. The van der Waals surface area contributed by atoms with E-state index in [0.717, 1.165) is 15.9 Å². The van der Waals surface area contributed by atoms with Gasteiger partial charge in [-0.25, -0.2) is 13.4 Å². The SMILES string of the molecule is COc1cc(NS(=O)(=O)C2C=CC=C(Br)C2)ccc1-n1cnc(C)c1. The average molecular weight is 424 g/mol. The van der Waals surface area contributed by atoms with Crippen LogP contribution in [0.2, 0.25) is 0 Å². The van der Waals surface area contributed by atoms with Crippen molar-refractivity contribution < 1.29 is 13.2 Å². The molecule has 0 radical (unpaired) electrons. The lowest BCUT2D eigenvalue weighted by molar-refractivity contribution is 0.413. The topological polar surface area (TPSA) is 73.2 Å². The standard InChI is InChI=1S/C17H18BrN3O3S/c1-12-10-21(11-19-12)16-7-6-14(9-17(16)24-2)20-25(22,23)15-5-3-4-13(18)8-15/h3-7,9-11,15,20H,8H2,1-2H3. The second-order valence-electron chi connectivity index (χ2n) is 5.70. The highest BCUT2D eigenvalue weighted by atomic mass is 79.9. The van der Waals surface area contributed by atoms with Gasteiger partial charge in [0.05, 0.1) is 30.5 Å². The minimum atomic E-state index is -3.55. The highest BCUT2D eigenvalue weighted by molar-refractivity contribution is 9.11. The first-order valence-corrected chi connectivity index (χ1v) is 9.96. The summed E-state index contributed by atoms with van der Waals surface area (Å²) in [6, 6.07) is 5.17. The van der Waals surface area contributed by atoms with Gasteiger partial charge >= 0.3 is 0 Å². The van der Waals surface area contributed by atoms with Crippen molar-refractivity contribution in [1.29, 1.82) is 0 Å². The summed E-state index contributed by atoms with van der Waals surface area (Å²) >= 11 is 3.36. The maximum absolute atomic E-state index is 12.6. The van der Waals surface area contributed by atoms with Gasteiger partial charge in [0.25, 0.3) is 0 Å². The van der Waals surface area contributed by atoms with Crippen LogP contribution < -0.4 is 9.46 Å². The van der Waals surface area contributed by atoms with Crippen LogP contribution >= 0.6 is 15.9 Å². The molecule has 1 aromatic carbocycles. The summed E-state index contributed by atoms with van der Waals surface area (Å²) in [5.74, 6) is 0.554. The Morgan fingerprint density at radius 3 is 2.84 bits per heavy atom. The Hall–Kier alpha value is -2.06. The molecule has 0 saturated carbocycles. The quantitative estimate of drug-likeness (QED) is 0.797. The summed E-state index contributed by atoms with van der Waals surface area (Å²) in [5, 5.41) is -0.617. The number of hydrogen-bond acceptors (Lipinski definition) is 4. The highest BCUT2D eigenvalue weighted by Crippen LogP contribution is 2.29. The number of hydrogen-bond donors (Lipinski definition) is 1. The molecule has 0 spiro atoms. The number of sulfonamides is 1. The Morgan fingerprint density at radius 1 is 1.40 bits per heavy atom. The summed E-state index contributed by atoms with van der Waals surface area (Å²) < 4.78 is 35.9. The number of allylic oxidation sites excluding steroid dienone is 3. The normalized spacial score (nSPS) is 17.2. The third-order valence-corrected chi connectivity index (χ3v) is 6.06. The smallest absolute Gasteiger partial charge is 0.239 e. The van der Waals surface area contributed by atoms with Crippen molar-refractivity contribution in [1.82, 2.24) is 9.55 Å². The number of nitrogens with zero attached hydrogens (tertiary/aromatic N) is 2. The molecule has 6 nitrogen and oxygen atoms in total. The molecule has 8 heteroatoms. The molecular weight excluding hydrogens is 406 g/mol. The molecular formula is C17H18BrN3O3S. The summed E-state index contributed by atoms with van der Waals surface area (Å²) in [6.45, 7) is 1.90. The molecule has 25 heavy (non-hydrogen) atoms. The van der Waals surface area contributed by atoms with E-state index in [1.807, 2.05) is 23.8 Å². The molecule has 0 fully saturated rings. The van der Waals surface area contributed by atoms with Crippen LogP contribution in [-0.4, -0.2) is 30.3 Å². The van der Waals surface area contributed by atoms with E-state index in [9.17, 15) is 8.42 Å². The van der Waals surface area contributed by atoms with E-state index in [4.69, 9.17) is 4.74 Å². The van der Waals surface area contributed by atoms with Crippen LogP contribution in [0.4, 0.5) is 5.69 Å². The molecule has 3 rings (SSSR count). The highest BCUT2D eigenvalue weighted by Gasteiger charge is 2.25. The molecule has 0 amide bonds. The van der Waals surface area contributed by atoms with Gasteiger partial charge in [0.2, 0.25) is 10.0 Å². The van der Waals surface area contributed by atoms with Gasteiger partial charge in [0.1, 0.15) is 11.0 Å². The van der Waals surface area contributed by atoms with E-state index in [-0.39, 0.29) is 0 Å². The molecule has 1 unspecified atom stereocenters. The van der Waals surface area contributed by atoms with Crippen molar-refractivity contribution in [3.63, 3.8) is 0 Å². The maximum Gasteiger partial charge on any atom is 0.239 e. The first kappa shape index (κ1) is 17.8.